The number of rotatable bonds is 7. The molecule has 1 amide bonds. The van der Waals surface area contributed by atoms with Crippen LogP contribution in [-0.2, 0) is 11.2 Å². The molecule has 1 atom stereocenters. The molecule has 0 unspecified atom stereocenters. The van der Waals surface area contributed by atoms with Crippen LogP contribution in [0.1, 0.15) is 17.2 Å². The maximum Gasteiger partial charge on any atom is 0.265 e. The first-order valence-corrected chi connectivity index (χ1v) is 9.22. The minimum absolute atomic E-state index is 0.171. The summed E-state index contributed by atoms with van der Waals surface area (Å²) in [6.45, 7) is 0.755. The van der Waals surface area contributed by atoms with Crippen LogP contribution in [0.25, 0.3) is 0 Å². The van der Waals surface area contributed by atoms with Crippen molar-refractivity contribution in [2.75, 3.05) is 13.3 Å². The Balaban J connectivity index is 1.40. The van der Waals surface area contributed by atoms with Gasteiger partial charge in [0.1, 0.15) is 5.75 Å². The van der Waals surface area contributed by atoms with Gasteiger partial charge in [-0.2, -0.15) is 0 Å². The van der Waals surface area contributed by atoms with Crippen LogP contribution in [0.2, 0.25) is 0 Å². The summed E-state index contributed by atoms with van der Waals surface area (Å²) in [5.41, 5.74) is 1.89. The van der Waals surface area contributed by atoms with Gasteiger partial charge in [0.2, 0.25) is 12.9 Å². The lowest BCUT2D eigenvalue weighted by atomic mass is 10.1. The highest BCUT2D eigenvalue weighted by Gasteiger charge is 2.22. The quantitative estimate of drug-likeness (QED) is 0.681. The number of carbonyl (C=O) groups is 1. The van der Waals surface area contributed by atoms with Crippen LogP contribution >= 0.6 is 0 Å². The van der Waals surface area contributed by atoms with Crippen LogP contribution in [0.4, 0.5) is 0 Å². The first-order valence-electron chi connectivity index (χ1n) is 9.22. The molecule has 5 nitrogen and oxygen atoms in total. The van der Waals surface area contributed by atoms with Gasteiger partial charge in [0.25, 0.3) is 5.91 Å². The molecule has 0 bridgehead atoms. The van der Waals surface area contributed by atoms with Crippen molar-refractivity contribution in [1.82, 2.24) is 5.32 Å². The number of hydrogen-bond donors (Lipinski definition) is 1. The smallest absolute Gasteiger partial charge is 0.265 e. The molecule has 0 spiro atoms. The van der Waals surface area contributed by atoms with Crippen LogP contribution in [0.15, 0.2) is 78.9 Å². The Labute approximate surface area is 163 Å². The van der Waals surface area contributed by atoms with Gasteiger partial charge in [-0.1, -0.05) is 54.6 Å². The average Bonchev–Trinajstić information content (AvgIpc) is 3.21. The molecule has 0 fully saturated rings. The molecule has 5 heteroatoms. The minimum atomic E-state index is -0.708. The molecule has 0 radical (unpaired) electrons. The van der Waals surface area contributed by atoms with E-state index < -0.39 is 6.10 Å². The summed E-state index contributed by atoms with van der Waals surface area (Å²) >= 11 is 0. The predicted octanol–water partition coefficient (Wildman–Crippen LogP) is 3.89. The van der Waals surface area contributed by atoms with Gasteiger partial charge in [0.05, 0.1) is 0 Å². The van der Waals surface area contributed by atoms with Crippen molar-refractivity contribution in [3.8, 4) is 17.2 Å². The third-order valence-corrected chi connectivity index (χ3v) is 4.49. The summed E-state index contributed by atoms with van der Waals surface area (Å²) in [5, 5.41) is 2.98. The van der Waals surface area contributed by atoms with Gasteiger partial charge < -0.3 is 19.5 Å². The molecule has 1 N–H and O–H groups in total. The van der Waals surface area contributed by atoms with Crippen molar-refractivity contribution < 1.29 is 19.0 Å². The largest absolute Gasteiger partial charge is 0.476 e. The second kappa shape index (κ2) is 8.48. The summed E-state index contributed by atoms with van der Waals surface area (Å²) in [6, 6.07) is 24.7. The summed E-state index contributed by atoms with van der Waals surface area (Å²) < 4.78 is 16.7. The van der Waals surface area contributed by atoms with Crippen molar-refractivity contribution in [2.24, 2.45) is 0 Å². The SMILES string of the molecule is O=C(NCCc1ccc2c(c1)OCO2)[C@H](Oc1ccccc1)c1ccccc1. The number of para-hydroxylation sites is 1. The number of amides is 1. The van der Waals surface area contributed by atoms with Crippen molar-refractivity contribution in [3.05, 3.63) is 90.0 Å². The first kappa shape index (κ1) is 17.9. The van der Waals surface area contributed by atoms with Crippen molar-refractivity contribution >= 4 is 5.91 Å². The standard InChI is InChI=1S/C23H21NO4/c25-23(24-14-13-17-11-12-20-21(15-17)27-16-26-20)22(18-7-3-1-4-8-18)28-19-9-5-2-6-10-19/h1-12,15,22H,13-14,16H2,(H,24,25)/t22-/m1/s1. The van der Waals surface area contributed by atoms with E-state index in [9.17, 15) is 4.79 Å². The number of hydrogen-bond acceptors (Lipinski definition) is 4. The van der Waals surface area contributed by atoms with Gasteiger partial charge in [-0.05, 0) is 36.2 Å². The zero-order valence-electron chi connectivity index (χ0n) is 15.3. The third-order valence-electron chi connectivity index (χ3n) is 4.49. The van der Waals surface area contributed by atoms with Crippen molar-refractivity contribution in [1.29, 1.82) is 0 Å². The number of benzene rings is 3. The second-order valence-electron chi connectivity index (χ2n) is 6.45. The third kappa shape index (κ3) is 4.26. The summed E-state index contributed by atoms with van der Waals surface area (Å²) in [4.78, 5) is 12.8. The van der Waals surface area contributed by atoms with E-state index in [0.29, 0.717) is 18.7 Å². The average molecular weight is 375 g/mol. The molecule has 0 aliphatic carbocycles. The Morgan fingerprint density at radius 1 is 0.929 bits per heavy atom. The fourth-order valence-corrected chi connectivity index (χ4v) is 3.06. The number of ether oxygens (including phenoxy) is 3. The van der Waals surface area contributed by atoms with E-state index in [4.69, 9.17) is 14.2 Å². The van der Waals surface area contributed by atoms with Crippen LogP contribution < -0.4 is 19.5 Å². The van der Waals surface area contributed by atoms with Crippen LogP contribution in [0.5, 0.6) is 17.2 Å². The predicted molar refractivity (Wildman–Crippen MR) is 106 cm³/mol. The van der Waals surface area contributed by atoms with Gasteiger partial charge in [0, 0.05) is 12.1 Å². The van der Waals surface area contributed by atoms with Gasteiger partial charge in [-0.25, -0.2) is 0 Å². The molecule has 3 aromatic rings. The van der Waals surface area contributed by atoms with E-state index >= 15 is 0 Å². The minimum Gasteiger partial charge on any atom is -0.476 e. The first-order chi connectivity index (χ1) is 13.8. The molecule has 28 heavy (non-hydrogen) atoms. The molecule has 0 saturated carbocycles. The van der Waals surface area contributed by atoms with E-state index in [1.54, 1.807) is 0 Å². The van der Waals surface area contributed by atoms with Gasteiger partial charge in [-0.15, -0.1) is 0 Å². The zero-order valence-corrected chi connectivity index (χ0v) is 15.3. The molecule has 1 aliphatic rings. The van der Waals surface area contributed by atoms with E-state index in [1.165, 1.54) is 0 Å². The Kier molecular flexibility index (Phi) is 5.43. The van der Waals surface area contributed by atoms with E-state index in [-0.39, 0.29) is 12.7 Å². The summed E-state index contributed by atoms with van der Waals surface area (Å²) in [6.07, 6.45) is -0.0183. The van der Waals surface area contributed by atoms with Gasteiger partial charge >= 0.3 is 0 Å². The highest BCUT2D eigenvalue weighted by molar-refractivity contribution is 5.82. The normalized spacial score (nSPS) is 13.0. The fraction of sp³-hybridized carbons (Fsp3) is 0.174. The van der Waals surface area contributed by atoms with Crippen LogP contribution in [-0.4, -0.2) is 19.2 Å². The lowest BCUT2D eigenvalue weighted by molar-refractivity contribution is -0.128. The molecular weight excluding hydrogens is 354 g/mol. The number of nitrogens with one attached hydrogen (secondary N) is 1. The Hall–Kier alpha value is -3.47. The molecule has 4 rings (SSSR count). The monoisotopic (exact) mass is 375 g/mol. The van der Waals surface area contributed by atoms with Crippen LogP contribution in [0, 0.1) is 0 Å². The number of fused-ring (bicyclic) bond motifs is 1. The maximum absolute atomic E-state index is 12.8. The highest BCUT2D eigenvalue weighted by atomic mass is 16.7. The lowest BCUT2D eigenvalue weighted by Gasteiger charge is -2.19. The summed E-state index contributed by atoms with van der Waals surface area (Å²) in [7, 11) is 0. The lowest BCUT2D eigenvalue weighted by Crippen LogP contribution is -2.33. The van der Waals surface area contributed by atoms with Crippen LogP contribution in [0.3, 0.4) is 0 Å². The summed E-state index contributed by atoms with van der Waals surface area (Å²) in [5.74, 6) is 1.99. The maximum atomic E-state index is 12.8. The second-order valence-corrected chi connectivity index (χ2v) is 6.45. The Morgan fingerprint density at radius 2 is 1.64 bits per heavy atom. The van der Waals surface area contributed by atoms with E-state index in [0.717, 1.165) is 22.6 Å². The van der Waals surface area contributed by atoms with Gasteiger partial charge in [-0.3, -0.25) is 4.79 Å². The zero-order chi connectivity index (χ0) is 19.2. The molecule has 142 valence electrons. The molecule has 1 heterocycles. The molecule has 0 saturated heterocycles. The molecular formula is C23H21NO4. The molecule has 1 aliphatic heterocycles. The van der Waals surface area contributed by atoms with E-state index in [1.807, 2.05) is 78.9 Å². The fourth-order valence-electron chi connectivity index (χ4n) is 3.06. The van der Waals surface area contributed by atoms with Crippen molar-refractivity contribution in [2.45, 2.75) is 12.5 Å². The molecule has 3 aromatic carbocycles. The topological polar surface area (TPSA) is 56.8 Å². The Bertz CT molecular complexity index is 928. The van der Waals surface area contributed by atoms with Crippen molar-refractivity contribution in [3.63, 3.8) is 0 Å². The van der Waals surface area contributed by atoms with E-state index in [2.05, 4.69) is 5.32 Å². The number of carbonyl (C=O) groups excluding carboxylic acids is 1. The highest BCUT2D eigenvalue weighted by Crippen LogP contribution is 2.32. The Morgan fingerprint density at radius 3 is 2.43 bits per heavy atom. The van der Waals surface area contributed by atoms with Gasteiger partial charge in [0.15, 0.2) is 11.5 Å². The molecule has 0 aromatic heterocycles.